The van der Waals surface area contributed by atoms with Gasteiger partial charge in [0.1, 0.15) is 12.7 Å². The largest absolute Gasteiger partial charge is 0.472 e. The van der Waals surface area contributed by atoms with Crippen LogP contribution >= 0.6 is 7.82 Å². The number of rotatable bonds is 60. The van der Waals surface area contributed by atoms with Gasteiger partial charge in [-0.25, -0.2) is 4.57 Å². The highest BCUT2D eigenvalue weighted by atomic mass is 31.2. The number of hydrogen-bond donors (Lipinski definition) is 2. The number of unbranched alkanes of at least 4 members (excludes halogenated alkanes) is 33. The van der Waals surface area contributed by atoms with Crippen LogP contribution in [0.3, 0.4) is 0 Å². The Bertz CT molecular complexity index is 1540. The van der Waals surface area contributed by atoms with E-state index in [4.69, 9.17) is 23.3 Å². The number of aliphatic hydroxyl groups is 1. The fourth-order valence-corrected chi connectivity index (χ4v) is 9.79. The lowest BCUT2D eigenvalue weighted by atomic mass is 10.1. The number of esters is 3. The molecule has 0 aromatic carbocycles. The van der Waals surface area contributed by atoms with E-state index in [2.05, 4.69) is 81.5 Å². The molecule has 3 unspecified atom stereocenters. The lowest BCUT2D eigenvalue weighted by Gasteiger charge is -2.21. The highest BCUT2D eigenvalue weighted by molar-refractivity contribution is 7.47. The lowest BCUT2D eigenvalue weighted by Crippen LogP contribution is -2.30. The van der Waals surface area contributed by atoms with Crippen LogP contribution in [0.5, 0.6) is 0 Å². The molecule has 0 bridgehead atoms. The Morgan fingerprint density at radius 1 is 0.372 bits per heavy atom. The quantitative estimate of drug-likeness (QED) is 0.0197. The molecule has 0 aromatic rings. The van der Waals surface area contributed by atoms with Crippen LogP contribution in [0.15, 0.2) is 60.8 Å². The predicted octanol–water partition coefficient (Wildman–Crippen LogP) is 19.5. The van der Waals surface area contributed by atoms with Gasteiger partial charge in [0.15, 0.2) is 6.10 Å². The van der Waals surface area contributed by atoms with E-state index in [-0.39, 0.29) is 25.9 Å². The maximum atomic E-state index is 12.9. The molecule has 12 heteroatoms. The molecule has 0 fully saturated rings. The summed E-state index contributed by atoms with van der Waals surface area (Å²) in [4.78, 5) is 48.7. The van der Waals surface area contributed by atoms with Gasteiger partial charge in [0.2, 0.25) is 0 Å². The van der Waals surface area contributed by atoms with Crippen LogP contribution in [-0.4, -0.2) is 66.5 Å². The minimum absolute atomic E-state index is 0.159. The van der Waals surface area contributed by atoms with Gasteiger partial charge in [-0.1, -0.05) is 242 Å². The van der Waals surface area contributed by atoms with E-state index < -0.39 is 57.8 Å². The molecule has 11 nitrogen and oxygen atoms in total. The molecule has 0 radical (unpaired) electrons. The van der Waals surface area contributed by atoms with Gasteiger partial charge in [-0.3, -0.25) is 23.4 Å². The second kappa shape index (κ2) is 60.3. The van der Waals surface area contributed by atoms with E-state index in [1.165, 1.54) is 167 Å². The SMILES string of the molecule is CC/C=C\C/C=C\C/C=C\CCCCCC(=O)OCC(COP(=O)(O)OCC(CO)OC(=O)CCCCCCCCCCC/C=C\CCCCCCCC)OC(=O)CCCCCCCCCCC/C=C\CCCCCCCC. The summed E-state index contributed by atoms with van der Waals surface area (Å²) in [5.74, 6) is -1.49. The van der Waals surface area contributed by atoms with E-state index in [1.54, 1.807) is 0 Å². The van der Waals surface area contributed by atoms with Crippen LogP contribution in [0.4, 0.5) is 0 Å². The molecular formula is C66H119O11P. The summed E-state index contributed by atoms with van der Waals surface area (Å²) >= 11 is 0. The average Bonchev–Trinajstić information content (AvgIpc) is 3.43. The van der Waals surface area contributed by atoms with Crippen molar-refractivity contribution in [2.75, 3.05) is 26.4 Å². The van der Waals surface area contributed by atoms with Gasteiger partial charge < -0.3 is 24.2 Å². The number of hydrogen-bond acceptors (Lipinski definition) is 10. The summed E-state index contributed by atoms with van der Waals surface area (Å²) in [6.45, 7) is 4.53. The molecule has 0 aliphatic rings. The van der Waals surface area contributed by atoms with Gasteiger partial charge in [0.25, 0.3) is 0 Å². The van der Waals surface area contributed by atoms with Crippen molar-refractivity contribution in [2.45, 2.75) is 315 Å². The van der Waals surface area contributed by atoms with E-state index in [9.17, 15) is 28.9 Å². The van der Waals surface area contributed by atoms with Crippen LogP contribution in [0.1, 0.15) is 303 Å². The van der Waals surface area contributed by atoms with Gasteiger partial charge in [0.05, 0.1) is 19.8 Å². The summed E-state index contributed by atoms with van der Waals surface area (Å²) < 4.78 is 39.6. The molecule has 0 amide bonds. The first kappa shape index (κ1) is 75.2. The zero-order valence-electron chi connectivity index (χ0n) is 50.4. The summed E-state index contributed by atoms with van der Waals surface area (Å²) in [7, 11) is -4.76. The molecule has 0 saturated heterocycles. The van der Waals surface area contributed by atoms with Gasteiger partial charge in [0, 0.05) is 19.3 Å². The van der Waals surface area contributed by atoms with Crippen molar-refractivity contribution in [1.29, 1.82) is 0 Å². The fourth-order valence-electron chi connectivity index (χ4n) is 9.01. The van der Waals surface area contributed by atoms with Gasteiger partial charge in [-0.2, -0.15) is 0 Å². The fraction of sp³-hybridized carbons (Fsp3) is 0.803. The first-order chi connectivity index (χ1) is 38.2. The Morgan fingerprint density at radius 3 is 1.05 bits per heavy atom. The van der Waals surface area contributed by atoms with Crippen LogP contribution in [-0.2, 0) is 42.2 Å². The van der Waals surface area contributed by atoms with Crippen molar-refractivity contribution in [2.24, 2.45) is 0 Å². The van der Waals surface area contributed by atoms with E-state index in [0.717, 1.165) is 77.0 Å². The van der Waals surface area contributed by atoms with Crippen LogP contribution < -0.4 is 0 Å². The zero-order chi connectivity index (χ0) is 56.9. The molecule has 0 heterocycles. The molecule has 78 heavy (non-hydrogen) atoms. The number of phosphoric ester groups is 1. The number of carbonyl (C=O) groups is 3. The number of phosphoric acid groups is 1. The summed E-state index contributed by atoms with van der Waals surface area (Å²) in [6, 6.07) is 0. The van der Waals surface area contributed by atoms with Crippen LogP contribution in [0.25, 0.3) is 0 Å². The van der Waals surface area contributed by atoms with Crippen molar-refractivity contribution in [3.63, 3.8) is 0 Å². The Labute approximate surface area is 478 Å². The smallest absolute Gasteiger partial charge is 0.462 e. The molecular weight excluding hydrogens is 1000 g/mol. The van der Waals surface area contributed by atoms with Crippen molar-refractivity contribution in [3.8, 4) is 0 Å². The molecule has 3 atom stereocenters. The standard InChI is InChI=1S/C66H119O11P/c1-4-7-10-13-16-19-22-25-27-29-31-33-35-38-41-44-47-50-53-56-65(69)76-62(58-67)60-74-78(71,72)75-61-63(59-73-64(68)55-52-49-46-43-40-37-24-21-18-15-12-9-6-3)77-66(70)57-54-51-48-45-42-39-36-34-32-30-28-26-23-20-17-14-11-8-5-2/h9,12,18,21,25-28,37,40,62-63,67H,4-8,10-11,13-17,19-20,22-24,29-36,38-39,41-61H2,1-3H3,(H,71,72)/b12-9-,21-18-,27-25-,28-26-,40-37-. The first-order valence-electron chi connectivity index (χ1n) is 32.2. The maximum Gasteiger partial charge on any atom is 0.472 e. The summed E-state index contributed by atoms with van der Waals surface area (Å²) in [6.07, 6.45) is 67.5. The Hall–Kier alpha value is -2.82. The topological polar surface area (TPSA) is 155 Å². The van der Waals surface area contributed by atoms with Gasteiger partial charge in [-0.05, 0) is 103 Å². The Morgan fingerprint density at radius 2 is 0.667 bits per heavy atom. The summed E-state index contributed by atoms with van der Waals surface area (Å²) in [5.41, 5.74) is 0. The third-order valence-electron chi connectivity index (χ3n) is 13.9. The minimum Gasteiger partial charge on any atom is -0.462 e. The highest BCUT2D eigenvalue weighted by Crippen LogP contribution is 2.43. The third-order valence-corrected chi connectivity index (χ3v) is 14.8. The number of carbonyl (C=O) groups excluding carboxylic acids is 3. The monoisotopic (exact) mass is 1120 g/mol. The van der Waals surface area contributed by atoms with Crippen LogP contribution in [0.2, 0.25) is 0 Å². The third kappa shape index (κ3) is 57.9. The van der Waals surface area contributed by atoms with Gasteiger partial charge >= 0.3 is 25.7 Å². The second-order valence-electron chi connectivity index (χ2n) is 21.5. The highest BCUT2D eigenvalue weighted by Gasteiger charge is 2.28. The molecule has 0 aliphatic carbocycles. The predicted molar refractivity (Wildman–Crippen MR) is 325 cm³/mol. The van der Waals surface area contributed by atoms with E-state index in [1.807, 2.05) is 0 Å². The van der Waals surface area contributed by atoms with Crippen LogP contribution in [0, 0.1) is 0 Å². The molecule has 0 aromatic heterocycles. The molecule has 0 aliphatic heterocycles. The molecule has 0 rings (SSSR count). The maximum absolute atomic E-state index is 12.9. The first-order valence-corrected chi connectivity index (χ1v) is 33.7. The number of allylic oxidation sites excluding steroid dienone is 10. The molecule has 454 valence electrons. The molecule has 2 N–H and O–H groups in total. The van der Waals surface area contributed by atoms with Crippen molar-refractivity contribution >= 4 is 25.7 Å². The normalized spacial score (nSPS) is 13.7. The Balaban J connectivity index is 4.65. The summed E-state index contributed by atoms with van der Waals surface area (Å²) in [5, 5.41) is 9.85. The lowest BCUT2D eigenvalue weighted by molar-refractivity contribution is -0.161. The number of aliphatic hydroxyl groups excluding tert-OH is 1. The van der Waals surface area contributed by atoms with Crippen molar-refractivity contribution < 1.29 is 52.2 Å². The van der Waals surface area contributed by atoms with Gasteiger partial charge in [-0.15, -0.1) is 0 Å². The van der Waals surface area contributed by atoms with Crippen molar-refractivity contribution in [1.82, 2.24) is 0 Å². The second-order valence-corrected chi connectivity index (χ2v) is 23.0. The zero-order valence-corrected chi connectivity index (χ0v) is 51.3. The van der Waals surface area contributed by atoms with E-state index in [0.29, 0.717) is 19.3 Å². The molecule has 0 spiro atoms. The van der Waals surface area contributed by atoms with Crippen molar-refractivity contribution in [3.05, 3.63) is 60.8 Å². The Kier molecular flexibility index (Phi) is 58.1. The number of ether oxygens (including phenoxy) is 3. The van der Waals surface area contributed by atoms with E-state index >= 15 is 0 Å². The molecule has 0 saturated carbocycles. The average molecular weight is 1120 g/mol. The minimum atomic E-state index is -4.76.